The van der Waals surface area contributed by atoms with Crippen molar-refractivity contribution in [3.63, 3.8) is 0 Å². The molecule has 0 saturated heterocycles. The molecular weight excluding hydrogens is 260 g/mol. The van der Waals surface area contributed by atoms with Crippen LogP contribution in [0.15, 0.2) is 36.4 Å². The molecule has 0 aromatic heterocycles. The van der Waals surface area contributed by atoms with Crippen molar-refractivity contribution in [1.29, 1.82) is 0 Å². The van der Waals surface area contributed by atoms with E-state index < -0.39 is 0 Å². The van der Waals surface area contributed by atoms with Crippen molar-refractivity contribution in [2.75, 3.05) is 11.1 Å². The van der Waals surface area contributed by atoms with Crippen LogP contribution in [-0.4, -0.2) is 5.91 Å². The van der Waals surface area contributed by atoms with Crippen LogP contribution in [-0.2, 0) is 0 Å². The van der Waals surface area contributed by atoms with Crippen LogP contribution in [0.4, 0.5) is 11.4 Å². The predicted octanol–water partition coefficient (Wildman–Crippen LogP) is 3.79. The van der Waals surface area contributed by atoms with E-state index >= 15 is 0 Å². The van der Waals surface area contributed by atoms with Crippen LogP contribution in [0.5, 0.6) is 0 Å². The molecule has 0 aliphatic rings. The van der Waals surface area contributed by atoms with Gasteiger partial charge in [-0.15, -0.1) is 0 Å². The van der Waals surface area contributed by atoms with E-state index in [1.807, 2.05) is 32.0 Å². The van der Waals surface area contributed by atoms with Gasteiger partial charge in [0.1, 0.15) is 0 Å². The summed E-state index contributed by atoms with van der Waals surface area (Å²) in [6.07, 6.45) is 0. The molecule has 1 amide bonds. The molecule has 0 aliphatic heterocycles. The van der Waals surface area contributed by atoms with Crippen molar-refractivity contribution in [3.8, 4) is 0 Å². The molecule has 4 heteroatoms. The zero-order chi connectivity index (χ0) is 14.0. The van der Waals surface area contributed by atoms with Gasteiger partial charge >= 0.3 is 0 Å². The van der Waals surface area contributed by atoms with E-state index in [0.717, 1.165) is 11.1 Å². The number of benzene rings is 2. The highest BCUT2D eigenvalue weighted by molar-refractivity contribution is 6.34. The molecule has 3 N–H and O–H groups in total. The number of nitrogen functional groups attached to an aromatic ring is 1. The quantitative estimate of drug-likeness (QED) is 0.819. The van der Waals surface area contributed by atoms with Gasteiger partial charge in [-0.25, -0.2) is 0 Å². The Kier molecular flexibility index (Phi) is 3.76. The average Bonchev–Trinajstić information content (AvgIpc) is 2.37. The fourth-order valence-electron chi connectivity index (χ4n) is 1.76. The van der Waals surface area contributed by atoms with E-state index in [2.05, 4.69) is 5.32 Å². The second-order valence-electron chi connectivity index (χ2n) is 4.46. The van der Waals surface area contributed by atoms with Crippen LogP contribution in [0.25, 0.3) is 0 Å². The lowest BCUT2D eigenvalue weighted by molar-refractivity contribution is 0.102. The lowest BCUT2D eigenvalue weighted by Crippen LogP contribution is -2.13. The Balaban J connectivity index is 2.28. The smallest absolute Gasteiger partial charge is 0.255 e. The van der Waals surface area contributed by atoms with Gasteiger partial charge in [-0.3, -0.25) is 4.79 Å². The normalized spacial score (nSPS) is 10.3. The van der Waals surface area contributed by atoms with E-state index in [0.29, 0.717) is 22.0 Å². The van der Waals surface area contributed by atoms with Crippen LogP contribution in [0.1, 0.15) is 21.5 Å². The molecule has 2 aromatic rings. The fraction of sp³-hybridized carbons (Fsp3) is 0.133. The summed E-state index contributed by atoms with van der Waals surface area (Å²) < 4.78 is 0. The molecule has 3 nitrogen and oxygen atoms in total. The lowest BCUT2D eigenvalue weighted by Gasteiger charge is -2.11. The number of halogens is 1. The molecule has 0 spiro atoms. The number of anilines is 2. The molecule has 98 valence electrons. The van der Waals surface area contributed by atoms with Crippen LogP contribution in [0.3, 0.4) is 0 Å². The maximum atomic E-state index is 12.2. The molecule has 0 saturated carbocycles. The van der Waals surface area contributed by atoms with Gasteiger partial charge < -0.3 is 11.1 Å². The molecule has 0 unspecified atom stereocenters. The Bertz CT molecular complexity index is 618. The molecule has 0 fully saturated rings. The van der Waals surface area contributed by atoms with Crippen molar-refractivity contribution in [2.45, 2.75) is 13.8 Å². The average molecular weight is 275 g/mol. The molecule has 2 rings (SSSR count). The summed E-state index contributed by atoms with van der Waals surface area (Å²) in [7, 11) is 0. The minimum absolute atomic E-state index is 0.220. The Morgan fingerprint density at radius 2 is 1.89 bits per heavy atom. The van der Waals surface area contributed by atoms with Gasteiger partial charge in [0.05, 0.1) is 10.7 Å². The van der Waals surface area contributed by atoms with Gasteiger partial charge in [0.2, 0.25) is 0 Å². The van der Waals surface area contributed by atoms with E-state index in [1.165, 1.54) is 0 Å². The zero-order valence-corrected chi connectivity index (χ0v) is 11.6. The summed E-state index contributed by atoms with van der Waals surface area (Å²) in [4.78, 5) is 12.2. The molecule has 0 bridgehead atoms. The maximum Gasteiger partial charge on any atom is 0.255 e. The summed E-state index contributed by atoms with van der Waals surface area (Å²) in [5.41, 5.74) is 9.42. The molecule has 19 heavy (non-hydrogen) atoms. The van der Waals surface area contributed by atoms with Gasteiger partial charge in [0, 0.05) is 11.3 Å². The maximum absolute atomic E-state index is 12.2. The van der Waals surface area contributed by atoms with Gasteiger partial charge in [-0.1, -0.05) is 29.8 Å². The summed E-state index contributed by atoms with van der Waals surface area (Å²) >= 11 is 6.08. The Morgan fingerprint density at radius 3 is 2.53 bits per heavy atom. The van der Waals surface area contributed by atoms with Crippen LogP contribution < -0.4 is 11.1 Å². The van der Waals surface area contributed by atoms with Crippen molar-refractivity contribution in [1.82, 2.24) is 0 Å². The van der Waals surface area contributed by atoms with Gasteiger partial charge in [0.25, 0.3) is 5.91 Å². The fourth-order valence-corrected chi connectivity index (χ4v) is 2.03. The van der Waals surface area contributed by atoms with E-state index in [1.54, 1.807) is 18.2 Å². The number of amides is 1. The Hall–Kier alpha value is -2.00. The summed E-state index contributed by atoms with van der Waals surface area (Å²) in [6.45, 7) is 3.79. The number of nitrogens with two attached hydrogens (primary N) is 1. The van der Waals surface area contributed by atoms with E-state index in [4.69, 9.17) is 17.3 Å². The number of nitrogens with one attached hydrogen (secondary N) is 1. The number of rotatable bonds is 2. The SMILES string of the molecule is Cc1ccc(C(=O)Nc2c(C)cccc2Cl)cc1N. The summed E-state index contributed by atoms with van der Waals surface area (Å²) in [5.74, 6) is -0.220. The van der Waals surface area contributed by atoms with Crippen LogP contribution >= 0.6 is 11.6 Å². The van der Waals surface area contributed by atoms with Gasteiger partial charge in [0.15, 0.2) is 0 Å². The zero-order valence-electron chi connectivity index (χ0n) is 10.8. The molecular formula is C15H15ClN2O. The third-order valence-electron chi connectivity index (χ3n) is 3.00. The van der Waals surface area contributed by atoms with Gasteiger partial charge in [-0.2, -0.15) is 0 Å². The standard InChI is InChI=1S/C15H15ClN2O/c1-9-6-7-11(8-13(9)17)15(19)18-14-10(2)4-3-5-12(14)16/h3-8H,17H2,1-2H3,(H,18,19). The second kappa shape index (κ2) is 5.33. The second-order valence-corrected chi connectivity index (χ2v) is 4.86. The van der Waals surface area contributed by atoms with Gasteiger partial charge in [-0.05, 0) is 43.2 Å². The molecule has 0 atom stereocenters. The van der Waals surface area contributed by atoms with Crippen LogP contribution in [0.2, 0.25) is 5.02 Å². The third-order valence-corrected chi connectivity index (χ3v) is 3.32. The first-order chi connectivity index (χ1) is 8.99. The number of para-hydroxylation sites is 1. The number of hydrogen-bond donors (Lipinski definition) is 2. The highest BCUT2D eigenvalue weighted by Crippen LogP contribution is 2.26. The Labute approximate surface area is 117 Å². The number of aryl methyl sites for hydroxylation is 2. The largest absolute Gasteiger partial charge is 0.398 e. The molecule has 0 radical (unpaired) electrons. The minimum atomic E-state index is -0.220. The van der Waals surface area contributed by atoms with E-state index in [9.17, 15) is 4.79 Å². The van der Waals surface area contributed by atoms with Crippen molar-refractivity contribution < 1.29 is 4.79 Å². The van der Waals surface area contributed by atoms with Crippen molar-refractivity contribution in [2.24, 2.45) is 0 Å². The first-order valence-corrected chi connectivity index (χ1v) is 6.29. The van der Waals surface area contributed by atoms with Crippen molar-refractivity contribution >= 4 is 28.9 Å². The Morgan fingerprint density at radius 1 is 1.16 bits per heavy atom. The predicted molar refractivity (Wildman–Crippen MR) is 79.7 cm³/mol. The van der Waals surface area contributed by atoms with E-state index in [-0.39, 0.29) is 5.91 Å². The molecule has 2 aromatic carbocycles. The monoisotopic (exact) mass is 274 g/mol. The number of carbonyl (C=O) groups is 1. The van der Waals surface area contributed by atoms with Crippen molar-refractivity contribution in [3.05, 3.63) is 58.1 Å². The molecule has 0 heterocycles. The topological polar surface area (TPSA) is 55.1 Å². The third kappa shape index (κ3) is 2.88. The number of carbonyl (C=O) groups excluding carboxylic acids is 1. The lowest BCUT2D eigenvalue weighted by atomic mass is 10.1. The highest BCUT2D eigenvalue weighted by atomic mass is 35.5. The summed E-state index contributed by atoms with van der Waals surface area (Å²) in [6, 6.07) is 10.7. The van der Waals surface area contributed by atoms with Crippen LogP contribution in [0, 0.1) is 13.8 Å². The minimum Gasteiger partial charge on any atom is -0.398 e. The first-order valence-electron chi connectivity index (χ1n) is 5.91. The highest BCUT2D eigenvalue weighted by Gasteiger charge is 2.11. The summed E-state index contributed by atoms with van der Waals surface area (Å²) in [5, 5.41) is 3.34. The first kappa shape index (κ1) is 13.4. The molecule has 0 aliphatic carbocycles. The number of hydrogen-bond acceptors (Lipinski definition) is 2.